The van der Waals surface area contributed by atoms with E-state index in [4.69, 9.17) is 16.3 Å². The van der Waals surface area contributed by atoms with E-state index in [0.717, 1.165) is 15.8 Å². The van der Waals surface area contributed by atoms with E-state index in [-0.39, 0.29) is 17.7 Å². The summed E-state index contributed by atoms with van der Waals surface area (Å²) in [4.78, 5) is 38.0. The van der Waals surface area contributed by atoms with Gasteiger partial charge in [-0.25, -0.2) is 9.78 Å². The number of hydrogen-bond donors (Lipinski definition) is 1. The molecular formula is C26H21ClN4O4S. The maximum Gasteiger partial charge on any atom is 0.338 e. The van der Waals surface area contributed by atoms with Crippen molar-refractivity contribution in [3.63, 3.8) is 0 Å². The number of carboxylic acid groups (broad SMARTS) is 1. The van der Waals surface area contributed by atoms with E-state index >= 15 is 0 Å². The minimum absolute atomic E-state index is 0.144. The van der Waals surface area contributed by atoms with Crippen molar-refractivity contribution in [1.29, 1.82) is 0 Å². The summed E-state index contributed by atoms with van der Waals surface area (Å²) in [5.74, 6) is 0.120. The second kappa shape index (κ2) is 9.33. The summed E-state index contributed by atoms with van der Waals surface area (Å²) < 4.78 is 8.47. The fourth-order valence-electron chi connectivity index (χ4n) is 4.22. The normalized spacial score (nSPS) is 11.3. The summed E-state index contributed by atoms with van der Waals surface area (Å²) in [6, 6.07) is 8.86. The smallest absolute Gasteiger partial charge is 0.338 e. The molecule has 0 amide bonds. The number of hydrogen-bond acceptors (Lipinski definition) is 7. The summed E-state index contributed by atoms with van der Waals surface area (Å²) in [6.07, 6.45) is 1.61. The standard InChI is InChI=1S/C26H21ClN4O4S/c1-13-10-19(24-23(29-13)20(12-36-24)26(33)34)18-11-16(27)4-5-21(18)35-9-8-31-15(3)30-22-14(2)28-7-6-17(22)25(31)32/h4-7,10-12H,8-9H2,1-3H3,(H,33,34). The number of halogens is 1. The Labute approximate surface area is 214 Å². The molecule has 0 saturated carbocycles. The number of ether oxygens (including phenoxy) is 1. The summed E-state index contributed by atoms with van der Waals surface area (Å²) >= 11 is 7.65. The van der Waals surface area contributed by atoms with E-state index in [1.807, 2.05) is 19.9 Å². The highest BCUT2D eigenvalue weighted by atomic mass is 35.5. The lowest BCUT2D eigenvalue weighted by molar-refractivity contribution is 0.0699. The molecule has 5 aromatic rings. The minimum atomic E-state index is -1.02. The van der Waals surface area contributed by atoms with Crippen LogP contribution in [0.5, 0.6) is 5.75 Å². The molecule has 36 heavy (non-hydrogen) atoms. The van der Waals surface area contributed by atoms with Gasteiger partial charge in [0.05, 0.1) is 38.9 Å². The topological polar surface area (TPSA) is 107 Å². The van der Waals surface area contributed by atoms with Crippen LogP contribution in [0.4, 0.5) is 0 Å². The first-order chi connectivity index (χ1) is 17.2. The lowest BCUT2D eigenvalue weighted by atomic mass is 10.0. The monoisotopic (exact) mass is 520 g/mol. The molecule has 4 heterocycles. The molecule has 0 atom stereocenters. The van der Waals surface area contributed by atoms with Crippen LogP contribution >= 0.6 is 22.9 Å². The molecule has 0 bridgehead atoms. The molecule has 0 fully saturated rings. The second-order valence-corrected chi connectivity index (χ2v) is 9.66. The average molecular weight is 521 g/mol. The number of nitrogens with zero attached hydrogens (tertiary/aromatic N) is 4. The summed E-state index contributed by atoms with van der Waals surface area (Å²) in [5, 5.41) is 12.2. The Hall–Kier alpha value is -3.82. The Bertz CT molecular complexity index is 1730. The van der Waals surface area contributed by atoms with Crippen molar-refractivity contribution in [2.24, 2.45) is 0 Å². The molecule has 182 valence electrons. The predicted molar refractivity (Wildman–Crippen MR) is 141 cm³/mol. The maximum atomic E-state index is 13.1. The molecule has 1 N–H and O–H groups in total. The molecule has 0 aliphatic carbocycles. The fourth-order valence-corrected chi connectivity index (χ4v) is 5.41. The van der Waals surface area contributed by atoms with Crippen molar-refractivity contribution in [2.45, 2.75) is 27.3 Å². The average Bonchev–Trinajstić information content (AvgIpc) is 3.26. The molecule has 0 aliphatic rings. The van der Waals surface area contributed by atoms with Gasteiger partial charge in [0.15, 0.2) is 0 Å². The number of aromatic nitrogens is 4. The van der Waals surface area contributed by atoms with Crippen LogP contribution in [-0.2, 0) is 6.54 Å². The van der Waals surface area contributed by atoms with Crippen LogP contribution in [0.25, 0.3) is 32.2 Å². The molecule has 0 spiro atoms. The first-order valence-electron chi connectivity index (χ1n) is 11.1. The highest BCUT2D eigenvalue weighted by molar-refractivity contribution is 7.18. The van der Waals surface area contributed by atoms with Crippen molar-refractivity contribution in [2.75, 3.05) is 6.61 Å². The summed E-state index contributed by atoms with van der Waals surface area (Å²) in [5.41, 5.74) is 3.95. The van der Waals surface area contributed by atoms with Gasteiger partial charge in [0.1, 0.15) is 18.2 Å². The molecule has 0 saturated heterocycles. The first kappa shape index (κ1) is 23.9. The molecule has 10 heteroatoms. The molecule has 0 unspecified atom stereocenters. The quantitative estimate of drug-likeness (QED) is 0.318. The van der Waals surface area contributed by atoms with E-state index in [1.54, 1.807) is 47.3 Å². The van der Waals surface area contributed by atoms with Gasteiger partial charge in [-0.2, -0.15) is 0 Å². The first-order valence-corrected chi connectivity index (χ1v) is 12.4. The van der Waals surface area contributed by atoms with Crippen molar-refractivity contribution in [3.05, 3.63) is 80.1 Å². The molecule has 0 aliphatic heterocycles. The van der Waals surface area contributed by atoms with Crippen LogP contribution in [0.15, 0.2) is 46.7 Å². The van der Waals surface area contributed by atoms with Crippen molar-refractivity contribution in [3.8, 4) is 16.9 Å². The Morgan fingerprint density at radius 1 is 1.11 bits per heavy atom. The number of carboxylic acids is 1. The Balaban J connectivity index is 1.50. The van der Waals surface area contributed by atoms with Crippen LogP contribution in [0.3, 0.4) is 0 Å². The van der Waals surface area contributed by atoms with E-state index in [9.17, 15) is 14.7 Å². The van der Waals surface area contributed by atoms with Crippen molar-refractivity contribution < 1.29 is 14.6 Å². The largest absolute Gasteiger partial charge is 0.491 e. The van der Waals surface area contributed by atoms with Gasteiger partial charge in [0.25, 0.3) is 5.56 Å². The van der Waals surface area contributed by atoms with Gasteiger partial charge in [-0.05, 0) is 51.1 Å². The minimum Gasteiger partial charge on any atom is -0.491 e. The third-order valence-electron chi connectivity index (χ3n) is 5.93. The van der Waals surface area contributed by atoms with E-state index in [1.165, 1.54) is 11.3 Å². The number of pyridine rings is 2. The Kier molecular flexibility index (Phi) is 6.19. The molecule has 0 radical (unpaired) electrons. The van der Waals surface area contributed by atoms with E-state index in [0.29, 0.717) is 50.9 Å². The molecule has 5 rings (SSSR count). The predicted octanol–water partition coefficient (Wildman–Crippen LogP) is 5.42. The number of aromatic carboxylic acids is 1. The number of thiophene rings is 1. The lowest BCUT2D eigenvalue weighted by Gasteiger charge is -2.15. The van der Waals surface area contributed by atoms with Crippen LogP contribution in [0.2, 0.25) is 5.02 Å². The van der Waals surface area contributed by atoms with Gasteiger partial charge < -0.3 is 9.84 Å². The van der Waals surface area contributed by atoms with Crippen LogP contribution < -0.4 is 10.3 Å². The second-order valence-electron chi connectivity index (χ2n) is 8.34. The number of fused-ring (bicyclic) bond motifs is 2. The third-order valence-corrected chi connectivity index (χ3v) is 7.17. The SMILES string of the molecule is Cc1cc(-c2cc(Cl)ccc2OCCn2c(C)nc3c(C)nccc3c2=O)c2scc(C(=O)O)c2n1. The van der Waals surface area contributed by atoms with Crippen LogP contribution in [0.1, 0.15) is 27.6 Å². The van der Waals surface area contributed by atoms with Gasteiger partial charge in [-0.15, -0.1) is 11.3 Å². The number of aryl methyl sites for hydroxylation is 3. The van der Waals surface area contributed by atoms with Crippen molar-refractivity contribution >= 4 is 50.0 Å². The van der Waals surface area contributed by atoms with Gasteiger partial charge in [-0.1, -0.05) is 11.6 Å². The maximum absolute atomic E-state index is 13.1. The fraction of sp³-hybridized carbons (Fsp3) is 0.192. The van der Waals surface area contributed by atoms with Crippen LogP contribution in [0, 0.1) is 20.8 Å². The molecular weight excluding hydrogens is 500 g/mol. The summed E-state index contributed by atoms with van der Waals surface area (Å²) in [7, 11) is 0. The van der Waals surface area contributed by atoms with E-state index in [2.05, 4.69) is 15.0 Å². The Morgan fingerprint density at radius 2 is 1.92 bits per heavy atom. The van der Waals surface area contributed by atoms with E-state index < -0.39 is 5.97 Å². The zero-order valence-corrected chi connectivity index (χ0v) is 21.3. The number of benzene rings is 1. The van der Waals surface area contributed by atoms with Gasteiger partial charge in [-0.3, -0.25) is 19.3 Å². The molecule has 8 nitrogen and oxygen atoms in total. The molecule has 4 aromatic heterocycles. The summed E-state index contributed by atoms with van der Waals surface area (Å²) in [6.45, 7) is 5.94. The number of rotatable bonds is 6. The van der Waals surface area contributed by atoms with Gasteiger partial charge in [0, 0.05) is 33.4 Å². The zero-order valence-electron chi connectivity index (χ0n) is 19.7. The van der Waals surface area contributed by atoms with Gasteiger partial charge >= 0.3 is 5.97 Å². The molecule has 1 aromatic carbocycles. The van der Waals surface area contributed by atoms with Gasteiger partial charge in [0.2, 0.25) is 0 Å². The zero-order chi connectivity index (χ0) is 25.6. The van der Waals surface area contributed by atoms with Crippen molar-refractivity contribution in [1.82, 2.24) is 19.5 Å². The lowest BCUT2D eigenvalue weighted by Crippen LogP contribution is -2.27. The van der Waals surface area contributed by atoms with Crippen LogP contribution in [-0.4, -0.2) is 37.2 Å². The third kappa shape index (κ3) is 4.20. The number of carbonyl (C=O) groups is 1. The highest BCUT2D eigenvalue weighted by Crippen LogP contribution is 2.40. The highest BCUT2D eigenvalue weighted by Gasteiger charge is 2.19. The Morgan fingerprint density at radius 3 is 2.69 bits per heavy atom.